The fourth-order valence-corrected chi connectivity index (χ4v) is 2.05. The van der Waals surface area contributed by atoms with E-state index in [1.807, 2.05) is 52.1 Å². The van der Waals surface area contributed by atoms with Crippen molar-refractivity contribution in [3.63, 3.8) is 0 Å². The zero-order valence-corrected chi connectivity index (χ0v) is 13.0. The van der Waals surface area contributed by atoms with Gasteiger partial charge in [0.25, 0.3) is 0 Å². The van der Waals surface area contributed by atoms with Crippen LogP contribution in [0.15, 0.2) is 24.3 Å². The predicted molar refractivity (Wildman–Crippen MR) is 86.6 cm³/mol. The molecule has 21 heavy (non-hydrogen) atoms. The lowest BCUT2D eigenvalue weighted by molar-refractivity contribution is 0.340. The topological polar surface area (TPSA) is 59.1 Å². The van der Waals surface area contributed by atoms with E-state index in [1.165, 1.54) is 0 Å². The molecule has 0 aliphatic rings. The average Bonchev–Trinajstić information content (AvgIpc) is 2.50. The molecule has 5 heteroatoms. The Morgan fingerprint density at radius 1 is 1.14 bits per heavy atom. The molecule has 2 rings (SSSR count). The van der Waals surface area contributed by atoms with Crippen molar-refractivity contribution in [1.29, 1.82) is 0 Å². The third-order valence-corrected chi connectivity index (χ3v) is 3.15. The van der Waals surface area contributed by atoms with Crippen LogP contribution in [0.1, 0.15) is 25.2 Å². The maximum absolute atomic E-state index is 5.52. The third-order valence-electron chi connectivity index (χ3n) is 3.15. The molecule has 0 saturated carbocycles. The van der Waals surface area contributed by atoms with E-state index in [9.17, 15) is 0 Å². The maximum Gasteiger partial charge on any atom is 0.139 e. The zero-order chi connectivity index (χ0) is 15.2. The van der Waals surface area contributed by atoms with Crippen LogP contribution in [0.4, 0.5) is 17.3 Å². The summed E-state index contributed by atoms with van der Waals surface area (Å²) >= 11 is 0. The monoisotopic (exact) mass is 286 g/mol. The Morgan fingerprint density at radius 3 is 2.57 bits per heavy atom. The molecular weight excluding hydrogens is 264 g/mol. The van der Waals surface area contributed by atoms with Gasteiger partial charge in [0, 0.05) is 30.8 Å². The van der Waals surface area contributed by atoms with Crippen LogP contribution in [0, 0.1) is 6.92 Å². The lowest BCUT2D eigenvalue weighted by Crippen LogP contribution is -2.06. The van der Waals surface area contributed by atoms with Gasteiger partial charge in [-0.25, -0.2) is 9.97 Å². The molecule has 2 N–H and O–H groups in total. The van der Waals surface area contributed by atoms with Crippen LogP contribution in [0.25, 0.3) is 0 Å². The Morgan fingerprint density at radius 2 is 1.90 bits per heavy atom. The highest BCUT2D eigenvalue weighted by Crippen LogP contribution is 2.25. The van der Waals surface area contributed by atoms with Crippen LogP contribution in [0.3, 0.4) is 0 Å². The number of nitrogens with one attached hydrogen (secondary N) is 2. The molecule has 1 aromatic carbocycles. The lowest BCUT2D eigenvalue weighted by Gasteiger charge is -2.14. The second-order valence-corrected chi connectivity index (χ2v) is 4.65. The van der Waals surface area contributed by atoms with Gasteiger partial charge < -0.3 is 15.4 Å². The smallest absolute Gasteiger partial charge is 0.139 e. The lowest BCUT2D eigenvalue weighted by atomic mass is 10.2. The summed E-state index contributed by atoms with van der Waals surface area (Å²) < 4.78 is 5.52. The largest absolute Gasteiger partial charge is 0.494 e. The van der Waals surface area contributed by atoms with Crippen molar-refractivity contribution in [2.75, 3.05) is 24.3 Å². The second-order valence-electron chi connectivity index (χ2n) is 4.65. The summed E-state index contributed by atoms with van der Waals surface area (Å²) in [5.41, 5.74) is 1.95. The first-order valence-corrected chi connectivity index (χ1v) is 7.23. The average molecular weight is 286 g/mol. The minimum absolute atomic E-state index is 0.653. The van der Waals surface area contributed by atoms with Gasteiger partial charge in [-0.15, -0.1) is 0 Å². The summed E-state index contributed by atoms with van der Waals surface area (Å²) in [4.78, 5) is 9.04. The third kappa shape index (κ3) is 3.62. The Kier molecular flexibility index (Phi) is 4.98. The van der Waals surface area contributed by atoms with Crippen LogP contribution in [0.5, 0.6) is 5.75 Å². The number of rotatable bonds is 6. The van der Waals surface area contributed by atoms with E-state index >= 15 is 0 Å². The number of ether oxygens (including phenoxy) is 1. The highest BCUT2D eigenvalue weighted by molar-refractivity contribution is 5.65. The molecule has 1 aromatic heterocycles. The first kappa shape index (κ1) is 15.1. The Bertz CT molecular complexity index is 613. The summed E-state index contributed by atoms with van der Waals surface area (Å²) in [5, 5.41) is 6.46. The van der Waals surface area contributed by atoms with Crippen LogP contribution in [-0.2, 0) is 6.42 Å². The van der Waals surface area contributed by atoms with E-state index in [4.69, 9.17) is 4.74 Å². The minimum atomic E-state index is 0.653. The van der Waals surface area contributed by atoms with E-state index in [0.717, 1.165) is 40.9 Å². The number of nitrogens with zero attached hydrogens (tertiary/aromatic N) is 2. The molecule has 112 valence electrons. The molecule has 5 nitrogen and oxygen atoms in total. The molecule has 0 bridgehead atoms. The van der Waals surface area contributed by atoms with Crippen LogP contribution in [0.2, 0.25) is 0 Å². The SMILES string of the molecule is CCOc1cccc(Nc2nc(CC)nc(NC)c2C)c1. The molecule has 0 amide bonds. The van der Waals surface area contributed by atoms with Gasteiger partial charge in [0.05, 0.1) is 6.61 Å². The molecule has 0 radical (unpaired) electrons. The normalized spacial score (nSPS) is 10.3. The fraction of sp³-hybridized carbons (Fsp3) is 0.375. The van der Waals surface area contributed by atoms with E-state index in [1.54, 1.807) is 0 Å². The van der Waals surface area contributed by atoms with Gasteiger partial charge >= 0.3 is 0 Å². The second kappa shape index (κ2) is 6.92. The summed E-state index contributed by atoms with van der Waals surface area (Å²) in [6.07, 6.45) is 0.794. The minimum Gasteiger partial charge on any atom is -0.494 e. The van der Waals surface area contributed by atoms with Gasteiger partial charge in [-0.2, -0.15) is 0 Å². The van der Waals surface area contributed by atoms with Crippen molar-refractivity contribution in [2.45, 2.75) is 27.2 Å². The number of anilines is 3. The van der Waals surface area contributed by atoms with E-state index in [2.05, 4.69) is 20.6 Å². The molecule has 0 saturated heterocycles. The summed E-state index contributed by atoms with van der Waals surface area (Å²) in [6.45, 7) is 6.67. The van der Waals surface area contributed by atoms with Crippen molar-refractivity contribution in [3.05, 3.63) is 35.7 Å². The molecular formula is C16H22N4O. The van der Waals surface area contributed by atoms with E-state index in [0.29, 0.717) is 6.61 Å². The first-order chi connectivity index (χ1) is 10.2. The molecule has 0 aliphatic heterocycles. The molecule has 0 fully saturated rings. The summed E-state index contributed by atoms with van der Waals surface area (Å²) in [7, 11) is 1.87. The van der Waals surface area contributed by atoms with Gasteiger partial charge in [0.1, 0.15) is 23.2 Å². The Hall–Kier alpha value is -2.30. The van der Waals surface area contributed by atoms with Crippen molar-refractivity contribution in [1.82, 2.24) is 9.97 Å². The van der Waals surface area contributed by atoms with Crippen molar-refractivity contribution in [2.24, 2.45) is 0 Å². The van der Waals surface area contributed by atoms with Crippen LogP contribution >= 0.6 is 0 Å². The van der Waals surface area contributed by atoms with E-state index in [-0.39, 0.29) is 0 Å². The van der Waals surface area contributed by atoms with Gasteiger partial charge in [0.2, 0.25) is 0 Å². The number of benzene rings is 1. The number of aromatic nitrogens is 2. The number of aryl methyl sites for hydroxylation is 1. The van der Waals surface area contributed by atoms with Gasteiger partial charge in [0.15, 0.2) is 0 Å². The number of hydrogen-bond acceptors (Lipinski definition) is 5. The van der Waals surface area contributed by atoms with E-state index < -0.39 is 0 Å². The highest BCUT2D eigenvalue weighted by atomic mass is 16.5. The Balaban J connectivity index is 2.32. The molecule has 0 aliphatic carbocycles. The first-order valence-electron chi connectivity index (χ1n) is 7.23. The van der Waals surface area contributed by atoms with Crippen molar-refractivity contribution < 1.29 is 4.74 Å². The quantitative estimate of drug-likeness (QED) is 0.850. The number of hydrogen-bond donors (Lipinski definition) is 2. The van der Waals surface area contributed by atoms with Crippen molar-refractivity contribution in [3.8, 4) is 5.75 Å². The van der Waals surface area contributed by atoms with Gasteiger partial charge in [-0.3, -0.25) is 0 Å². The summed E-state index contributed by atoms with van der Waals surface area (Å²) in [6, 6.07) is 7.87. The van der Waals surface area contributed by atoms with Crippen molar-refractivity contribution >= 4 is 17.3 Å². The summed E-state index contributed by atoms with van der Waals surface area (Å²) in [5.74, 6) is 3.33. The molecule has 0 unspecified atom stereocenters. The molecule has 2 aromatic rings. The highest BCUT2D eigenvalue weighted by Gasteiger charge is 2.09. The van der Waals surface area contributed by atoms with Crippen LogP contribution in [-0.4, -0.2) is 23.6 Å². The van der Waals surface area contributed by atoms with Crippen LogP contribution < -0.4 is 15.4 Å². The van der Waals surface area contributed by atoms with Gasteiger partial charge in [-0.1, -0.05) is 13.0 Å². The Labute approximate surface area is 125 Å². The maximum atomic E-state index is 5.52. The molecule has 1 heterocycles. The zero-order valence-electron chi connectivity index (χ0n) is 13.0. The van der Waals surface area contributed by atoms with Gasteiger partial charge in [-0.05, 0) is 26.0 Å². The fourth-order valence-electron chi connectivity index (χ4n) is 2.05. The predicted octanol–water partition coefficient (Wildman–Crippen LogP) is 3.53. The molecule has 0 atom stereocenters. The molecule has 0 spiro atoms. The standard InChI is InChI=1S/C16H22N4O/c1-5-14-19-15(17-4)11(3)16(20-14)18-12-8-7-9-13(10-12)21-6-2/h7-10H,5-6H2,1-4H3,(H2,17,18,19,20).